The molecule has 3 atom stereocenters. The van der Waals surface area contributed by atoms with Crippen LogP contribution in [0.15, 0.2) is 18.3 Å². The number of fused-ring (bicyclic) bond motifs is 1. The standard InChI is InChI=1S/C15H20N2O2/c1-10-3-4-13(8-16-10)15(18)17-6-5-12-7-11(2)19-14(12)9-17/h3-4,8,11-12,14H,5-7,9H2,1-2H3/t11-,12-,14+/m0/s1. The van der Waals surface area contributed by atoms with Gasteiger partial charge in [-0.05, 0) is 44.7 Å². The van der Waals surface area contributed by atoms with E-state index in [2.05, 4.69) is 11.9 Å². The number of aryl methyl sites for hydroxylation is 1. The molecule has 0 unspecified atom stereocenters. The molecule has 0 N–H and O–H groups in total. The molecule has 1 amide bonds. The van der Waals surface area contributed by atoms with Crippen molar-refractivity contribution in [2.45, 2.75) is 38.9 Å². The summed E-state index contributed by atoms with van der Waals surface area (Å²) < 4.78 is 5.89. The van der Waals surface area contributed by atoms with Crippen LogP contribution in [0.4, 0.5) is 0 Å². The van der Waals surface area contributed by atoms with Crippen molar-refractivity contribution in [1.29, 1.82) is 0 Å². The molecule has 1 aromatic rings. The number of piperidine rings is 1. The molecule has 2 fully saturated rings. The quantitative estimate of drug-likeness (QED) is 0.776. The van der Waals surface area contributed by atoms with E-state index in [0.29, 0.717) is 17.6 Å². The third kappa shape index (κ3) is 2.50. The van der Waals surface area contributed by atoms with Crippen LogP contribution in [-0.4, -0.2) is 41.1 Å². The Morgan fingerprint density at radius 2 is 2.32 bits per heavy atom. The van der Waals surface area contributed by atoms with E-state index < -0.39 is 0 Å². The van der Waals surface area contributed by atoms with E-state index in [1.807, 2.05) is 24.0 Å². The van der Waals surface area contributed by atoms with Gasteiger partial charge in [0.15, 0.2) is 0 Å². The fourth-order valence-corrected chi connectivity index (χ4v) is 3.13. The number of ether oxygens (including phenoxy) is 1. The van der Waals surface area contributed by atoms with Gasteiger partial charge in [0, 0.05) is 25.0 Å². The predicted molar refractivity (Wildman–Crippen MR) is 71.9 cm³/mol. The van der Waals surface area contributed by atoms with Crippen molar-refractivity contribution in [3.05, 3.63) is 29.6 Å². The lowest BCUT2D eigenvalue weighted by Crippen LogP contribution is -2.45. The van der Waals surface area contributed by atoms with Crippen molar-refractivity contribution in [2.24, 2.45) is 5.92 Å². The number of pyridine rings is 1. The molecule has 0 aliphatic carbocycles. The van der Waals surface area contributed by atoms with Crippen molar-refractivity contribution in [3.63, 3.8) is 0 Å². The Balaban J connectivity index is 1.70. The van der Waals surface area contributed by atoms with Gasteiger partial charge in [0.25, 0.3) is 5.91 Å². The number of likely N-dealkylation sites (tertiary alicyclic amines) is 1. The van der Waals surface area contributed by atoms with E-state index in [1.165, 1.54) is 0 Å². The van der Waals surface area contributed by atoms with E-state index in [0.717, 1.165) is 31.6 Å². The highest BCUT2D eigenvalue weighted by Gasteiger charge is 2.38. The summed E-state index contributed by atoms with van der Waals surface area (Å²) in [6.45, 7) is 5.60. The monoisotopic (exact) mass is 260 g/mol. The second-order valence-electron chi connectivity index (χ2n) is 5.71. The minimum atomic E-state index is 0.0779. The Labute approximate surface area is 113 Å². The van der Waals surface area contributed by atoms with E-state index >= 15 is 0 Å². The molecule has 2 aliphatic heterocycles. The summed E-state index contributed by atoms with van der Waals surface area (Å²) in [6, 6.07) is 3.74. The summed E-state index contributed by atoms with van der Waals surface area (Å²) in [5.41, 5.74) is 1.61. The molecule has 19 heavy (non-hydrogen) atoms. The number of aromatic nitrogens is 1. The smallest absolute Gasteiger partial charge is 0.255 e. The number of rotatable bonds is 1. The Morgan fingerprint density at radius 3 is 3.05 bits per heavy atom. The number of carbonyl (C=O) groups excluding carboxylic acids is 1. The van der Waals surface area contributed by atoms with Crippen LogP contribution in [0.3, 0.4) is 0 Å². The molecule has 0 spiro atoms. The first kappa shape index (κ1) is 12.6. The molecule has 4 heteroatoms. The maximum atomic E-state index is 12.4. The van der Waals surface area contributed by atoms with Crippen LogP contribution in [0.5, 0.6) is 0 Å². The third-order valence-corrected chi connectivity index (χ3v) is 4.18. The normalized spacial score (nSPS) is 30.2. The molecule has 102 valence electrons. The molecule has 2 aliphatic rings. The molecule has 0 radical (unpaired) electrons. The first-order chi connectivity index (χ1) is 9.13. The Bertz CT molecular complexity index is 472. The Kier molecular flexibility index (Phi) is 3.27. The average molecular weight is 260 g/mol. The predicted octanol–water partition coefficient (Wildman–Crippen LogP) is 2.03. The van der Waals surface area contributed by atoms with Crippen LogP contribution in [-0.2, 0) is 4.74 Å². The van der Waals surface area contributed by atoms with E-state index in [9.17, 15) is 4.79 Å². The van der Waals surface area contributed by atoms with Gasteiger partial charge < -0.3 is 9.64 Å². The molecule has 0 saturated carbocycles. The van der Waals surface area contributed by atoms with E-state index in [-0.39, 0.29) is 12.0 Å². The molecule has 0 bridgehead atoms. The zero-order valence-electron chi connectivity index (χ0n) is 11.5. The highest BCUT2D eigenvalue weighted by Crippen LogP contribution is 2.33. The van der Waals surface area contributed by atoms with Crippen LogP contribution < -0.4 is 0 Å². The highest BCUT2D eigenvalue weighted by atomic mass is 16.5. The molecule has 1 aromatic heterocycles. The van der Waals surface area contributed by atoms with Crippen LogP contribution in [0.2, 0.25) is 0 Å². The number of hydrogen-bond donors (Lipinski definition) is 0. The zero-order valence-corrected chi connectivity index (χ0v) is 11.5. The maximum Gasteiger partial charge on any atom is 0.255 e. The molecule has 0 aromatic carbocycles. The minimum Gasteiger partial charge on any atom is -0.373 e. The summed E-state index contributed by atoms with van der Waals surface area (Å²) in [7, 11) is 0. The van der Waals surface area contributed by atoms with Gasteiger partial charge in [0.1, 0.15) is 0 Å². The molecular formula is C15H20N2O2. The number of carbonyl (C=O) groups is 1. The van der Waals surface area contributed by atoms with Gasteiger partial charge in [-0.25, -0.2) is 0 Å². The van der Waals surface area contributed by atoms with Gasteiger partial charge in [0.2, 0.25) is 0 Å². The highest BCUT2D eigenvalue weighted by molar-refractivity contribution is 5.94. The van der Waals surface area contributed by atoms with Gasteiger partial charge in [-0.1, -0.05) is 0 Å². The van der Waals surface area contributed by atoms with E-state index in [4.69, 9.17) is 4.74 Å². The zero-order chi connectivity index (χ0) is 13.4. The van der Waals surface area contributed by atoms with Crippen molar-refractivity contribution >= 4 is 5.91 Å². The largest absolute Gasteiger partial charge is 0.373 e. The van der Waals surface area contributed by atoms with Gasteiger partial charge >= 0.3 is 0 Å². The average Bonchev–Trinajstić information content (AvgIpc) is 2.77. The minimum absolute atomic E-state index is 0.0779. The number of amides is 1. The second-order valence-corrected chi connectivity index (χ2v) is 5.71. The molecule has 2 saturated heterocycles. The first-order valence-corrected chi connectivity index (χ1v) is 7.01. The van der Waals surface area contributed by atoms with Crippen molar-refractivity contribution in [1.82, 2.24) is 9.88 Å². The fraction of sp³-hybridized carbons (Fsp3) is 0.600. The van der Waals surface area contributed by atoms with Crippen LogP contribution >= 0.6 is 0 Å². The summed E-state index contributed by atoms with van der Waals surface area (Å²) >= 11 is 0. The SMILES string of the molecule is Cc1ccc(C(=O)N2CC[C@H]3C[C@H](C)O[C@@H]3C2)cn1. The number of hydrogen-bond acceptors (Lipinski definition) is 3. The summed E-state index contributed by atoms with van der Waals surface area (Å²) in [5, 5.41) is 0. The maximum absolute atomic E-state index is 12.4. The summed E-state index contributed by atoms with van der Waals surface area (Å²) in [5.74, 6) is 0.712. The fourth-order valence-electron chi connectivity index (χ4n) is 3.13. The first-order valence-electron chi connectivity index (χ1n) is 7.01. The van der Waals surface area contributed by atoms with E-state index in [1.54, 1.807) is 6.20 Å². The Hall–Kier alpha value is -1.42. The van der Waals surface area contributed by atoms with Crippen LogP contribution in [0, 0.1) is 12.8 Å². The van der Waals surface area contributed by atoms with Gasteiger partial charge in [0.05, 0.1) is 17.8 Å². The van der Waals surface area contributed by atoms with Crippen molar-refractivity contribution in [2.75, 3.05) is 13.1 Å². The molecular weight excluding hydrogens is 240 g/mol. The van der Waals surface area contributed by atoms with Gasteiger partial charge in [-0.2, -0.15) is 0 Å². The summed E-state index contributed by atoms with van der Waals surface area (Å²) in [4.78, 5) is 18.5. The molecule has 3 rings (SSSR count). The van der Waals surface area contributed by atoms with Crippen LogP contribution in [0.25, 0.3) is 0 Å². The number of nitrogens with zero attached hydrogens (tertiary/aromatic N) is 2. The van der Waals surface area contributed by atoms with Gasteiger partial charge in [-0.3, -0.25) is 9.78 Å². The third-order valence-electron chi connectivity index (χ3n) is 4.18. The Morgan fingerprint density at radius 1 is 1.47 bits per heavy atom. The second kappa shape index (κ2) is 4.93. The van der Waals surface area contributed by atoms with Crippen molar-refractivity contribution in [3.8, 4) is 0 Å². The lowest BCUT2D eigenvalue weighted by Gasteiger charge is -2.34. The topological polar surface area (TPSA) is 42.4 Å². The lowest BCUT2D eigenvalue weighted by atomic mass is 9.92. The molecule has 4 nitrogen and oxygen atoms in total. The summed E-state index contributed by atoms with van der Waals surface area (Å²) in [6.07, 6.45) is 4.43. The van der Waals surface area contributed by atoms with Gasteiger partial charge in [-0.15, -0.1) is 0 Å². The molecule has 3 heterocycles. The lowest BCUT2D eigenvalue weighted by molar-refractivity contribution is 0.00155. The van der Waals surface area contributed by atoms with Crippen LogP contribution in [0.1, 0.15) is 35.8 Å². The van der Waals surface area contributed by atoms with Crippen molar-refractivity contribution < 1.29 is 9.53 Å².